The molecule has 0 radical (unpaired) electrons. The predicted molar refractivity (Wildman–Crippen MR) is 124 cm³/mol. The van der Waals surface area contributed by atoms with E-state index in [0.29, 0.717) is 22.3 Å². The average Bonchev–Trinajstić information content (AvgIpc) is 2.96. The van der Waals surface area contributed by atoms with Gasteiger partial charge in [-0.2, -0.15) is 0 Å². The Kier molecular flexibility index (Phi) is 7.83. The van der Waals surface area contributed by atoms with Gasteiger partial charge in [-0.3, -0.25) is 9.59 Å². The Morgan fingerprint density at radius 3 is 2.07 bits per heavy atom. The fraction of sp³-hybridized carbons (Fsp3) is 0.583. The van der Waals surface area contributed by atoms with Crippen molar-refractivity contribution < 1.29 is 18.8 Å². The predicted octanol–water partition coefficient (Wildman–Crippen LogP) is 5.08. The highest BCUT2D eigenvalue weighted by Crippen LogP contribution is 2.46. The van der Waals surface area contributed by atoms with Crippen LogP contribution in [0, 0.1) is 0 Å². The first kappa shape index (κ1) is 24.5. The van der Waals surface area contributed by atoms with Crippen LogP contribution in [0.5, 0.6) is 0 Å². The second kappa shape index (κ2) is 9.58. The Morgan fingerprint density at radius 1 is 1.10 bits per heavy atom. The van der Waals surface area contributed by atoms with E-state index in [9.17, 15) is 9.59 Å². The second-order valence-electron chi connectivity index (χ2n) is 9.00. The Bertz CT molecular complexity index is 766. The van der Waals surface area contributed by atoms with Crippen LogP contribution in [0.3, 0.4) is 0 Å². The number of ether oxygens (including phenoxy) is 1. The van der Waals surface area contributed by atoms with Crippen LogP contribution in [-0.4, -0.2) is 38.8 Å². The first-order valence-electron chi connectivity index (χ1n) is 10.9. The van der Waals surface area contributed by atoms with Crippen molar-refractivity contribution in [1.29, 1.82) is 0 Å². The number of methoxy groups -OCH3 is 1. The topological polar surface area (TPSA) is 64.6 Å². The number of benzene rings is 1. The summed E-state index contributed by atoms with van der Waals surface area (Å²) in [4.78, 5) is 26.3. The van der Waals surface area contributed by atoms with Gasteiger partial charge in [0, 0.05) is 13.5 Å². The van der Waals surface area contributed by atoms with E-state index in [0.717, 1.165) is 5.56 Å². The maximum Gasteiger partial charge on any atom is 0.267 e. The molecule has 0 aliphatic carbocycles. The molecule has 6 heteroatoms. The summed E-state index contributed by atoms with van der Waals surface area (Å²) in [5.41, 5.74) is 0.774. The van der Waals surface area contributed by atoms with Gasteiger partial charge in [0.25, 0.3) is 5.91 Å². The van der Waals surface area contributed by atoms with Gasteiger partial charge in [-0.15, -0.1) is 0 Å². The average molecular weight is 432 g/mol. The van der Waals surface area contributed by atoms with Gasteiger partial charge in [0.05, 0.1) is 5.70 Å². The molecule has 1 aromatic carbocycles. The van der Waals surface area contributed by atoms with Crippen LogP contribution in [0.4, 0.5) is 0 Å². The third-order valence-corrected chi connectivity index (χ3v) is 12.5. The highest BCUT2D eigenvalue weighted by Gasteiger charge is 2.62. The highest BCUT2D eigenvalue weighted by molar-refractivity contribution is 6.77. The summed E-state index contributed by atoms with van der Waals surface area (Å²) >= 11 is 0. The zero-order chi connectivity index (χ0) is 22.7. The number of carbonyl (C=O) groups is 2. The van der Waals surface area contributed by atoms with E-state index in [2.05, 4.69) is 46.9 Å². The molecule has 1 aliphatic rings. The molecule has 30 heavy (non-hydrogen) atoms. The molecule has 0 saturated carbocycles. The van der Waals surface area contributed by atoms with Crippen molar-refractivity contribution in [2.75, 3.05) is 7.11 Å². The molecule has 166 valence electrons. The molecule has 0 unspecified atom stereocenters. The molecule has 1 amide bonds. The van der Waals surface area contributed by atoms with E-state index in [1.165, 1.54) is 7.11 Å². The number of carbonyl (C=O) groups excluding carboxylic acids is 2. The third kappa shape index (κ3) is 4.05. The zero-order valence-corrected chi connectivity index (χ0v) is 20.6. The number of hydrogen-bond acceptors (Lipinski definition) is 4. The van der Waals surface area contributed by atoms with Crippen LogP contribution in [-0.2, 0) is 18.8 Å². The van der Waals surface area contributed by atoms with Crippen molar-refractivity contribution in [2.45, 2.75) is 83.2 Å². The van der Waals surface area contributed by atoms with Crippen LogP contribution in [0.2, 0.25) is 16.6 Å². The zero-order valence-electron chi connectivity index (χ0n) is 19.6. The summed E-state index contributed by atoms with van der Waals surface area (Å²) in [6.07, 6.45) is 1.30. The molecular weight excluding hydrogens is 394 g/mol. The first-order valence-corrected chi connectivity index (χ1v) is 13.1. The lowest BCUT2D eigenvalue weighted by atomic mass is 9.90. The molecular formula is C24H37NO4Si. The van der Waals surface area contributed by atoms with Gasteiger partial charge in [-0.25, -0.2) is 0 Å². The van der Waals surface area contributed by atoms with E-state index in [1.807, 2.05) is 36.4 Å². The normalized spacial score (nSPS) is 23.6. The van der Waals surface area contributed by atoms with Crippen LogP contribution < -0.4 is 5.32 Å². The quantitative estimate of drug-likeness (QED) is 0.437. The highest BCUT2D eigenvalue weighted by atomic mass is 28.4. The standard InChI is InChI=1S/C24H37NO4Si/c1-9-21(26)24(28-8)22(29-30(16(2)3,17(4)5)18(6)7)20(25-23(24)27)15-19-13-11-10-12-14-19/h10-18,22H,9H2,1-8H3,(H,25,27)/b20-15-/t22-,24+/m0/s1. The van der Waals surface area contributed by atoms with Crippen LogP contribution in [0.15, 0.2) is 36.0 Å². The molecule has 1 fully saturated rings. The minimum atomic E-state index is -2.41. The molecule has 1 aliphatic heterocycles. The molecule has 1 heterocycles. The lowest BCUT2D eigenvalue weighted by Gasteiger charge is -2.46. The van der Waals surface area contributed by atoms with Gasteiger partial charge < -0.3 is 14.5 Å². The van der Waals surface area contributed by atoms with Crippen molar-refractivity contribution in [3.63, 3.8) is 0 Å². The van der Waals surface area contributed by atoms with Crippen LogP contribution >= 0.6 is 0 Å². The lowest BCUT2D eigenvalue weighted by Crippen LogP contribution is -2.60. The maximum atomic E-state index is 13.2. The molecule has 0 spiro atoms. The van der Waals surface area contributed by atoms with E-state index in [-0.39, 0.29) is 12.2 Å². The summed E-state index contributed by atoms with van der Waals surface area (Å²) in [6, 6.07) is 9.74. The van der Waals surface area contributed by atoms with Crippen LogP contribution in [0.1, 0.15) is 60.5 Å². The number of rotatable bonds is 9. The minimum Gasteiger partial charge on any atom is -0.404 e. The van der Waals surface area contributed by atoms with Crippen LogP contribution in [0.25, 0.3) is 6.08 Å². The van der Waals surface area contributed by atoms with Crippen molar-refractivity contribution >= 4 is 26.1 Å². The third-order valence-electron chi connectivity index (χ3n) is 6.46. The van der Waals surface area contributed by atoms with Gasteiger partial charge in [0.2, 0.25) is 13.9 Å². The first-order chi connectivity index (χ1) is 14.1. The van der Waals surface area contributed by atoms with E-state index in [4.69, 9.17) is 9.16 Å². The largest absolute Gasteiger partial charge is 0.404 e. The summed E-state index contributed by atoms with van der Waals surface area (Å²) < 4.78 is 12.7. The number of hydrogen-bond donors (Lipinski definition) is 1. The number of nitrogens with one attached hydrogen (secondary N) is 1. The maximum absolute atomic E-state index is 13.2. The smallest absolute Gasteiger partial charge is 0.267 e. The number of ketones is 1. The lowest BCUT2D eigenvalue weighted by molar-refractivity contribution is -0.160. The van der Waals surface area contributed by atoms with Gasteiger partial charge in [0.1, 0.15) is 6.10 Å². The van der Waals surface area contributed by atoms with Gasteiger partial charge in [-0.05, 0) is 28.3 Å². The summed E-state index contributed by atoms with van der Waals surface area (Å²) in [7, 11) is -0.981. The van der Waals surface area contributed by atoms with Crippen molar-refractivity contribution in [2.24, 2.45) is 0 Å². The Morgan fingerprint density at radius 2 is 1.63 bits per heavy atom. The monoisotopic (exact) mass is 431 g/mol. The SMILES string of the molecule is CCC(=O)[C@]1(OC)C(=O)N/C(=C\c2ccccc2)[C@@H]1O[Si](C(C)C)(C(C)C)C(C)C. The summed E-state index contributed by atoms with van der Waals surface area (Å²) in [6.45, 7) is 14.9. The van der Waals surface area contributed by atoms with Crippen molar-refractivity contribution in [1.82, 2.24) is 5.32 Å². The Labute approximate surface area is 182 Å². The Hall–Kier alpha value is -1.76. The number of Topliss-reactive ketones (excluding diaryl/α,β-unsaturated/α-hetero) is 1. The fourth-order valence-electron chi connectivity index (χ4n) is 5.08. The van der Waals surface area contributed by atoms with Crippen molar-refractivity contribution in [3.8, 4) is 0 Å². The van der Waals surface area contributed by atoms with Crippen molar-refractivity contribution in [3.05, 3.63) is 41.6 Å². The molecule has 5 nitrogen and oxygen atoms in total. The summed E-state index contributed by atoms with van der Waals surface area (Å²) in [5.74, 6) is -0.702. The molecule has 1 aromatic rings. The van der Waals surface area contributed by atoms with Gasteiger partial charge in [-0.1, -0.05) is 78.8 Å². The van der Waals surface area contributed by atoms with E-state index >= 15 is 0 Å². The minimum absolute atomic E-state index is 0.194. The number of amides is 1. The van der Waals surface area contributed by atoms with Gasteiger partial charge >= 0.3 is 0 Å². The molecule has 0 aromatic heterocycles. The Balaban J connectivity index is 2.70. The molecule has 1 N–H and O–H groups in total. The molecule has 2 rings (SSSR count). The molecule has 1 saturated heterocycles. The fourth-order valence-corrected chi connectivity index (χ4v) is 10.6. The molecule has 0 bridgehead atoms. The van der Waals surface area contributed by atoms with Gasteiger partial charge in [0.15, 0.2) is 5.78 Å². The summed E-state index contributed by atoms with van der Waals surface area (Å²) in [5, 5.41) is 2.92. The van der Waals surface area contributed by atoms with E-state index in [1.54, 1.807) is 6.92 Å². The second-order valence-corrected chi connectivity index (χ2v) is 14.4. The van der Waals surface area contributed by atoms with E-state index < -0.39 is 25.9 Å². The molecule has 2 atom stereocenters.